The van der Waals surface area contributed by atoms with E-state index in [1.165, 1.54) is 0 Å². The summed E-state index contributed by atoms with van der Waals surface area (Å²) in [4.78, 5) is 4.29. The number of hydrogen-bond acceptors (Lipinski definition) is 1. The third-order valence-corrected chi connectivity index (χ3v) is 2.50. The van der Waals surface area contributed by atoms with Crippen molar-refractivity contribution >= 4 is 0 Å². The first-order valence-corrected chi connectivity index (χ1v) is 5.44. The smallest absolute Gasteiger partial charge is 0.0843 e. The van der Waals surface area contributed by atoms with Crippen LogP contribution in [-0.2, 0) is 5.41 Å². The lowest BCUT2D eigenvalue weighted by Gasteiger charge is -2.18. The van der Waals surface area contributed by atoms with Gasteiger partial charge in [-0.25, -0.2) is 0 Å². The lowest BCUT2D eigenvalue weighted by molar-refractivity contribution is 0.587. The summed E-state index contributed by atoms with van der Waals surface area (Å²) >= 11 is 0. The molecule has 0 bridgehead atoms. The Hall–Kier alpha value is -1.63. The Balaban J connectivity index is 2.57. The normalized spacial score (nSPS) is 13.2. The Labute approximate surface area is 100.0 Å². The molecule has 1 aromatic heterocycles. The lowest BCUT2D eigenvalue weighted by Crippen LogP contribution is -2.11. The van der Waals surface area contributed by atoms with Crippen molar-refractivity contribution < 1.29 is 2.74 Å². The molecule has 0 aliphatic heterocycles. The van der Waals surface area contributed by atoms with E-state index in [2.05, 4.69) is 4.98 Å². The van der Waals surface area contributed by atoms with Crippen molar-refractivity contribution in [3.8, 4) is 11.3 Å². The fourth-order valence-electron chi connectivity index (χ4n) is 1.45. The summed E-state index contributed by atoms with van der Waals surface area (Å²) in [7, 11) is 0. The monoisotopic (exact) mass is 213 g/mol. The summed E-state index contributed by atoms with van der Waals surface area (Å²) in [6, 6.07) is 11.7. The fourth-order valence-corrected chi connectivity index (χ4v) is 1.45. The first kappa shape index (κ1) is 8.51. The van der Waals surface area contributed by atoms with Crippen LogP contribution in [0.5, 0.6) is 0 Å². The van der Waals surface area contributed by atoms with E-state index < -0.39 is 0 Å². The summed E-state index contributed by atoms with van der Waals surface area (Å²) in [5.41, 5.74) is 2.12. The Kier molecular flexibility index (Phi) is 2.18. The number of hydrogen-bond donors (Lipinski definition) is 0. The highest BCUT2D eigenvalue weighted by atomic mass is 14.7. The van der Waals surface area contributed by atoms with Gasteiger partial charge in [0.05, 0.1) is 8.44 Å². The predicted molar refractivity (Wildman–Crippen MR) is 68.4 cm³/mol. The predicted octanol–water partition coefficient (Wildman–Crippen LogP) is 4.05. The van der Waals surface area contributed by atoms with Crippen molar-refractivity contribution in [3.05, 3.63) is 54.2 Å². The quantitative estimate of drug-likeness (QED) is 0.696. The zero-order valence-electron chi connectivity index (χ0n) is 11.9. The molecule has 0 N–H and O–H groups in total. The summed E-state index contributed by atoms with van der Waals surface area (Å²) in [6.07, 6.45) is 0.261. The van der Waals surface area contributed by atoms with Crippen molar-refractivity contribution in [2.24, 2.45) is 0 Å². The maximum Gasteiger partial charge on any atom is 0.0843 e. The molecule has 1 heteroatoms. The molecule has 2 aromatic rings. The van der Waals surface area contributed by atoms with Crippen molar-refractivity contribution in [2.75, 3.05) is 0 Å². The number of aromatic nitrogens is 1. The highest BCUT2D eigenvalue weighted by molar-refractivity contribution is 5.58. The maximum absolute atomic E-state index is 8.08. The molecule has 1 heterocycles. The van der Waals surface area contributed by atoms with Crippen LogP contribution < -0.4 is 0 Å². The highest BCUT2D eigenvalue weighted by Crippen LogP contribution is 2.23. The molecule has 0 spiro atoms. The van der Waals surface area contributed by atoms with E-state index in [0.717, 1.165) is 11.1 Å². The molecule has 0 saturated carbocycles. The Morgan fingerprint density at radius 1 is 1.06 bits per heavy atom. The Bertz CT molecular complexity index is 557. The fraction of sp³-hybridized carbons (Fsp3) is 0.267. The summed E-state index contributed by atoms with van der Waals surface area (Å²) in [5.74, 6) is 0. The highest BCUT2D eigenvalue weighted by Gasteiger charge is 2.13. The number of nitrogens with zero attached hydrogens (tertiary/aromatic N) is 1. The van der Waals surface area contributed by atoms with Crippen LogP contribution in [0.25, 0.3) is 11.3 Å². The average molecular weight is 213 g/mol. The van der Waals surface area contributed by atoms with Gasteiger partial charge < -0.3 is 0 Å². The minimum absolute atomic E-state index is 0.158. The third-order valence-electron chi connectivity index (χ3n) is 2.50. The van der Waals surface area contributed by atoms with E-state index in [1.54, 1.807) is 6.07 Å². The van der Waals surface area contributed by atoms with E-state index in [0.29, 0.717) is 11.7 Å². The zero-order valence-corrected chi connectivity index (χ0v) is 9.91. The average Bonchev–Trinajstić information content (AvgIpc) is 2.31. The van der Waals surface area contributed by atoms with Crippen molar-refractivity contribution in [1.82, 2.24) is 4.98 Å². The standard InChI is InChI=1S/C15H17N/c1-15(2,3)13-9-10-14(16-11-13)12-7-5-4-6-8-12/h4-11H,1-3H3/i10D,11D. The first-order valence-electron chi connectivity index (χ1n) is 6.44. The molecule has 1 nitrogen and oxygen atoms in total. The van der Waals surface area contributed by atoms with Gasteiger partial charge in [0.25, 0.3) is 0 Å². The van der Waals surface area contributed by atoms with Gasteiger partial charge in [-0.2, -0.15) is 0 Å². The Morgan fingerprint density at radius 3 is 2.38 bits per heavy atom. The van der Waals surface area contributed by atoms with Gasteiger partial charge in [-0.1, -0.05) is 57.2 Å². The second kappa shape index (κ2) is 4.09. The first-order chi connectivity index (χ1) is 8.39. The number of benzene rings is 1. The minimum Gasteiger partial charge on any atom is -0.256 e. The van der Waals surface area contributed by atoms with Crippen LogP contribution in [0.2, 0.25) is 0 Å². The van der Waals surface area contributed by atoms with Crippen LogP contribution in [-0.4, -0.2) is 4.98 Å². The molecule has 0 aliphatic rings. The SMILES string of the molecule is [2H]c1cc(C(C)(C)C)c([2H])nc1-c1ccccc1. The number of rotatable bonds is 1. The van der Waals surface area contributed by atoms with Crippen molar-refractivity contribution in [2.45, 2.75) is 26.2 Å². The molecule has 0 aliphatic carbocycles. The van der Waals surface area contributed by atoms with Crippen LogP contribution in [0.4, 0.5) is 0 Å². The van der Waals surface area contributed by atoms with Gasteiger partial charge in [-0.05, 0) is 17.0 Å². The number of pyridine rings is 1. The second-order valence-corrected chi connectivity index (χ2v) is 4.89. The molecule has 82 valence electrons. The topological polar surface area (TPSA) is 12.9 Å². The maximum atomic E-state index is 8.08. The molecule has 0 radical (unpaired) electrons. The molecule has 16 heavy (non-hydrogen) atoms. The summed E-state index contributed by atoms with van der Waals surface area (Å²) < 4.78 is 16.1. The van der Waals surface area contributed by atoms with Crippen molar-refractivity contribution in [1.29, 1.82) is 0 Å². The summed E-state index contributed by atoms with van der Waals surface area (Å²) in [5, 5.41) is 0. The van der Waals surface area contributed by atoms with E-state index in [9.17, 15) is 0 Å². The van der Waals surface area contributed by atoms with Crippen LogP contribution in [0.1, 0.15) is 29.1 Å². The molecule has 0 atom stereocenters. The van der Waals surface area contributed by atoms with Gasteiger partial charge >= 0.3 is 0 Å². The molecule has 0 fully saturated rings. The summed E-state index contributed by atoms with van der Waals surface area (Å²) in [6.45, 7) is 6.09. The van der Waals surface area contributed by atoms with Gasteiger partial charge in [-0.3, -0.25) is 4.98 Å². The van der Waals surface area contributed by atoms with E-state index in [1.807, 2.05) is 51.1 Å². The van der Waals surface area contributed by atoms with Gasteiger partial charge in [0.2, 0.25) is 0 Å². The van der Waals surface area contributed by atoms with Gasteiger partial charge in [0.15, 0.2) is 0 Å². The third kappa shape index (κ3) is 2.30. The molecule has 0 saturated heterocycles. The van der Waals surface area contributed by atoms with Crippen LogP contribution in [0.3, 0.4) is 0 Å². The van der Waals surface area contributed by atoms with Crippen LogP contribution in [0.15, 0.2) is 48.6 Å². The van der Waals surface area contributed by atoms with Crippen LogP contribution in [0, 0.1) is 0 Å². The largest absolute Gasteiger partial charge is 0.256 e. The van der Waals surface area contributed by atoms with E-state index >= 15 is 0 Å². The molecule has 0 amide bonds. The molecule has 2 rings (SSSR count). The molecule has 0 unspecified atom stereocenters. The molecular formula is C15H17N. The Morgan fingerprint density at radius 2 is 1.75 bits per heavy atom. The van der Waals surface area contributed by atoms with E-state index in [-0.39, 0.29) is 11.6 Å². The lowest BCUT2D eigenvalue weighted by atomic mass is 9.88. The van der Waals surface area contributed by atoms with Gasteiger partial charge in [0.1, 0.15) is 0 Å². The van der Waals surface area contributed by atoms with Crippen molar-refractivity contribution in [3.63, 3.8) is 0 Å². The van der Waals surface area contributed by atoms with E-state index in [4.69, 9.17) is 2.74 Å². The second-order valence-electron chi connectivity index (χ2n) is 4.89. The zero-order chi connectivity index (χ0) is 13.3. The minimum atomic E-state index is -0.158. The van der Waals surface area contributed by atoms with Gasteiger partial charge in [-0.15, -0.1) is 0 Å². The van der Waals surface area contributed by atoms with Crippen LogP contribution >= 0.6 is 0 Å². The molecule has 1 aromatic carbocycles. The molecular weight excluding hydrogens is 194 g/mol. The van der Waals surface area contributed by atoms with Gasteiger partial charge in [0, 0.05) is 11.7 Å².